The van der Waals surface area contributed by atoms with Crippen LogP contribution in [0.15, 0.2) is 12.1 Å². The van der Waals surface area contributed by atoms with E-state index in [1.807, 2.05) is 0 Å². The summed E-state index contributed by atoms with van der Waals surface area (Å²) in [6.07, 6.45) is 2.57. The summed E-state index contributed by atoms with van der Waals surface area (Å²) in [5, 5.41) is 0.769. The Bertz CT molecular complexity index is 510. The van der Waals surface area contributed by atoms with Gasteiger partial charge in [0.2, 0.25) is 0 Å². The van der Waals surface area contributed by atoms with Crippen LogP contribution < -0.4 is 5.46 Å². The van der Waals surface area contributed by atoms with Crippen LogP contribution in [-0.2, 0) is 9.31 Å². The van der Waals surface area contributed by atoms with E-state index in [-0.39, 0.29) is 18.3 Å². The second-order valence-corrected chi connectivity index (χ2v) is 7.50. The van der Waals surface area contributed by atoms with E-state index in [0.717, 1.165) is 16.0 Å². The molecule has 0 amide bonds. The zero-order chi connectivity index (χ0) is 14.7. The third kappa shape index (κ3) is 2.30. The topological polar surface area (TPSA) is 18.5 Å². The van der Waals surface area contributed by atoms with Gasteiger partial charge in [0.15, 0.2) is 0 Å². The van der Waals surface area contributed by atoms with Crippen molar-refractivity contribution in [3.8, 4) is 0 Å². The van der Waals surface area contributed by atoms with Gasteiger partial charge in [-0.2, -0.15) is 0 Å². The quantitative estimate of drug-likeness (QED) is 0.771. The van der Waals surface area contributed by atoms with Crippen molar-refractivity contribution in [2.75, 3.05) is 0 Å². The summed E-state index contributed by atoms with van der Waals surface area (Å²) in [5.74, 6) is 0.707. The van der Waals surface area contributed by atoms with Crippen molar-refractivity contribution in [3.05, 3.63) is 28.3 Å². The highest BCUT2D eigenvalue weighted by atomic mass is 35.5. The Hall–Kier alpha value is -0.505. The molecule has 2 fully saturated rings. The molecule has 2 aliphatic rings. The predicted molar refractivity (Wildman–Crippen MR) is 83.9 cm³/mol. The number of rotatable bonds is 2. The molecule has 3 rings (SSSR count). The molecule has 1 heterocycles. The van der Waals surface area contributed by atoms with Crippen molar-refractivity contribution in [3.63, 3.8) is 0 Å². The molecular weight excluding hydrogens is 270 g/mol. The van der Waals surface area contributed by atoms with Gasteiger partial charge in [0.05, 0.1) is 11.2 Å². The van der Waals surface area contributed by atoms with Crippen molar-refractivity contribution >= 4 is 24.2 Å². The van der Waals surface area contributed by atoms with Crippen LogP contribution in [0.1, 0.15) is 57.6 Å². The third-order valence-corrected chi connectivity index (χ3v) is 5.21. The van der Waals surface area contributed by atoms with Gasteiger partial charge in [-0.1, -0.05) is 17.7 Å². The van der Waals surface area contributed by atoms with E-state index < -0.39 is 0 Å². The maximum Gasteiger partial charge on any atom is 0.496 e. The number of halogens is 1. The van der Waals surface area contributed by atoms with Crippen LogP contribution in [0.25, 0.3) is 0 Å². The van der Waals surface area contributed by atoms with Crippen LogP contribution in [0.4, 0.5) is 0 Å². The van der Waals surface area contributed by atoms with E-state index >= 15 is 0 Å². The first-order valence-electron chi connectivity index (χ1n) is 7.37. The second kappa shape index (κ2) is 4.49. The molecule has 1 saturated carbocycles. The molecular formula is C16H22BClO2. The largest absolute Gasteiger partial charge is 0.496 e. The molecule has 1 aromatic carbocycles. The van der Waals surface area contributed by atoms with Gasteiger partial charge < -0.3 is 9.31 Å². The Morgan fingerprint density at radius 1 is 1.10 bits per heavy atom. The van der Waals surface area contributed by atoms with Crippen LogP contribution in [-0.4, -0.2) is 18.3 Å². The molecule has 1 aliphatic heterocycles. The molecule has 1 saturated heterocycles. The maximum absolute atomic E-state index is 6.51. The van der Waals surface area contributed by atoms with Gasteiger partial charge in [-0.25, -0.2) is 0 Å². The third-order valence-electron chi connectivity index (χ3n) is 4.90. The summed E-state index contributed by atoms with van der Waals surface area (Å²) in [5.41, 5.74) is 2.84. The molecule has 108 valence electrons. The molecule has 0 bridgehead atoms. The Balaban J connectivity index is 1.95. The predicted octanol–water partition coefficient (Wildman–Crippen LogP) is 3.83. The number of hydrogen-bond donors (Lipinski definition) is 0. The van der Waals surface area contributed by atoms with Crippen molar-refractivity contribution in [2.45, 2.75) is 64.6 Å². The fourth-order valence-corrected chi connectivity index (χ4v) is 3.06. The lowest BCUT2D eigenvalue weighted by Crippen LogP contribution is -2.41. The smallest absolute Gasteiger partial charge is 0.399 e. The van der Waals surface area contributed by atoms with E-state index in [1.54, 1.807) is 0 Å². The van der Waals surface area contributed by atoms with E-state index in [0.29, 0.717) is 5.92 Å². The van der Waals surface area contributed by atoms with Crippen molar-refractivity contribution in [1.82, 2.24) is 0 Å². The molecule has 0 radical (unpaired) electrons. The van der Waals surface area contributed by atoms with Gasteiger partial charge in [-0.15, -0.1) is 0 Å². The summed E-state index contributed by atoms with van der Waals surface area (Å²) < 4.78 is 12.2. The average molecular weight is 293 g/mol. The molecule has 1 aliphatic carbocycles. The first kappa shape index (κ1) is 14.4. The number of aryl methyl sites for hydroxylation is 1. The van der Waals surface area contributed by atoms with Crippen molar-refractivity contribution < 1.29 is 9.31 Å². The van der Waals surface area contributed by atoms with Gasteiger partial charge in [-0.05, 0) is 70.6 Å². The maximum atomic E-state index is 6.51. The summed E-state index contributed by atoms with van der Waals surface area (Å²) in [4.78, 5) is 0. The molecule has 0 spiro atoms. The number of benzene rings is 1. The van der Waals surface area contributed by atoms with Crippen molar-refractivity contribution in [1.29, 1.82) is 0 Å². The molecule has 2 nitrogen and oxygen atoms in total. The normalized spacial score (nSPS) is 24.2. The minimum atomic E-state index is -0.374. The monoisotopic (exact) mass is 292 g/mol. The summed E-state index contributed by atoms with van der Waals surface area (Å²) in [7, 11) is -0.374. The molecule has 4 heteroatoms. The summed E-state index contributed by atoms with van der Waals surface area (Å²) in [6, 6.07) is 4.33. The fraction of sp³-hybridized carbons (Fsp3) is 0.625. The number of hydrogen-bond acceptors (Lipinski definition) is 2. The Labute approximate surface area is 126 Å². The van der Waals surface area contributed by atoms with Gasteiger partial charge in [-0.3, -0.25) is 0 Å². The Morgan fingerprint density at radius 3 is 2.10 bits per heavy atom. The molecule has 0 aromatic heterocycles. The highest BCUT2D eigenvalue weighted by molar-refractivity contribution is 6.66. The van der Waals surface area contributed by atoms with Crippen LogP contribution in [0.2, 0.25) is 5.02 Å². The highest BCUT2D eigenvalue weighted by Gasteiger charge is 2.52. The fourth-order valence-electron chi connectivity index (χ4n) is 2.69. The SMILES string of the molecule is Cc1cc(C2CC2)cc(Cl)c1B1OC(C)(C)C(C)(C)O1. The molecule has 20 heavy (non-hydrogen) atoms. The Kier molecular flexibility index (Phi) is 3.24. The first-order chi connectivity index (χ1) is 9.21. The van der Waals surface area contributed by atoms with E-state index in [1.165, 1.54) is 18.4 Å². The molecule has 0 unspecified atom stereocenters. The van der Waals surface area contributed by atoms with Gasteiger partial charge in [0.25, 0.3) is 0 Å². The molecule has 0 N–H and O–H groups in total. The van der Waals surface area contributed by atoms with Gasteiger partial charge in [0.1, 0.15) is 0 Å². The van der Waals surface area contributed by atoms with Crippen molar-refractivity contribution in [2.24, 2.45) is 0 Å². The van der Waals surface area contributed by atoms with Crippen LogP contribution in [0, 0.1) is 6.92 Å². The minimum absolute atomic E-state index is 0.331. The van der Waals surface area contributed by atoms with E-state index in [9.17, 15) is 0 Å². The lowest BCUT2D eigenvalue weighted by Gasteiger charge is -2.32. The minimum Gasteiger partial charge on any atom is -0.399 e. The highest BCUT2D eigenvalue weighted by Crippen LogP contribution is 2.42. The molecule has 0 atom stereocenters. The first-order valence-corrected chi connectivity index (χ1v) is 7.75. The van der Waals surface area contributed by atoms with Crippen LogP contribution in [0.3, 0.4) is 0 Å². The van der Waals surface area contributed by atoms with Crippen LogP contribution in [0.5, 0.6) is 0 Å². The van der Waals surface area contributed by atoms with E-state index in [4.69, 9.17) is 20.9 Å². The second-order valence-electron chi connectivity index (χ2n) is 7.10. The van der Waals surface area contributed by atoms with E-state index in [2.05, 4.69) is 46.8 Å². The summed E-state index contributed by atoms with van der Waals surface area (Å²) >= 11 is 6.51. The average Bonchev–Trinajstić information content (AvgIpc) is 3.06. The lowest BCUT2D eigenvalue weighted by atomic mass is 9.75. The summed E-state index contributed by atoms with van der Waals surface area (Å²) in [6.45, 7) is 10.4. The van der Waals surface area contributed by atoms with Crippen LogP contribution >= 0.6 is 11.6 Å². The lowest BCUT2D eigenvalue weighted by molar-refractivity contribution is 0.00578. The van der Waals surface area contributed by atoms with Gasteiger partial charge >= 0.3 is 7.12 Å². The van der Waals surface area contributed by atoms with Gasteiger partial charge in [0, 0.05) is 10.5 Å². The Morgan fingerprint density at radius 2 is 1.65 bits per heavy atom. The standard InChI is InChI=1S/C16H22BClO2/c1-10-8-12(11-6-7-11)9-13(18)14(10)17-19-15(2,3)16(4,5)20-17/h8-9,11H,6-7H2,1-5H3. The molecule has 1 aromatic rings. The zero-order valence-corrected chi connectivity index (χ0v) is 13.7. The zero-order valence-electron chi connectivity index (χ0n) is 12.9.